The summed E-state index contributed by atoms with van der Waals surface area (Å²) in [6, 6.07) is 4.79. The highest BCUT2D eigenvalue weighted by molar-refractivity contribution is 7.17. The fourth-order valence-electron chi connectivity index (χ4n) is 2.64. The van der Waals surface area contributed by atoms with Crippen LogP contribution >= 0.6 is 11.3 Å². The molecule has 0 aliphatic rings. The van der Waals surface area contributed by atoms with Gasteiger partial charge in [0.15, 0.2) is 0 Å². The molecule has 0 amide bonds. The van der Waals surface area contributed by atoms with Gasteiger partial charge >= 0.3 is 0 Å². The molecule has 0 radical (unpaired) electrons. The van der Waals surface area contributed by atoms with Gasteiger partial charge in [-0.1, -0.05) is 19.1 Å². The minimum atomic E-state index is -1.36. The number of nitrogens with zero attached hydrogens (tertiary/aromatic N) is 3. The number of carboxylic acids is 1. The van der Waals surface area contributed by atoms with Crippen molar-refractivity contribution in [2.45, 2.75) is 19.4 Å². The number of hydrogen-bond acceptors (Lipinski definition) is 7. The van der Waals surface area contributed by atoms with E-state index in [0.29, 0.717) is 16.0 Å². The van der Waals surface area contributed by atoms with Crippen molar-refractivity contribution in [1.82, 2.24) is 9.55 Å². The lowest BCUT2D eigenvalue weighted by Gasteiger charge is -2.18. The predicted octanol–water partition coefficient (Wildman–Crippen LogP) is 1.73. The Hall–Kier alpha value is -3.07. The van der Waals surface area contributed by atoms with Gasteiger partial charge in [-0.15, -0.1) is 11.3 Å². The summed E-state index contributed by atoms with van der Waals surface area (Å²) in [6.07, 6.45) is 1.37. The van der Waals surface area contributed by atoms with Crippen molar-refractivity contribution >= 4 is 33.2 Å². The Labute approximate surface area is 145 Å². The molecule has 2 aromatic heterocycles. The molecular weight excluding hydrogens is 346 g/mol. The van der Waals surface area contributed by atoms with Crippen molar-refractivity contribution in [3.8, 4) is 11.1 Å². The summed E-state index contributed by atoms with van der Waals surface area (Å²) in [6.45, 7) is 1.63. The van der Waals surface area contributed by atoms with Crippen molar-refractivity contribution in [2.75, 3.05) is 0 Å². The van der Waals surface area contributed by atoms with Gasteiger partial charge in [-0.25, -0.2) is 4.98 Å². The molecule has 128 valence electrons. The molecule has 0 N–H and O–H groups in total. The first-order valence-electron chi connectivity index (χ1n) is 7.38. The van der Waals surface area contributed by atoms with Crippen molar-refractivity contribution < 1.29 is 14.8 Å². The van der Waals surface area contributed by atoms with Gasteiger partial charge in [-0.2, -0.15) is 0 Å². The van der Waals surface area contributed by atoms with E-state index in [-0.39, 0.29) is 17.5 Å². The van der Waals surface area contributed by atoms with E-state index in [1.54, 1.807) is 18.4 Å². The second kappa shape index (κ2) is 6.44. The monoisotopic (exact) mass is 358 g/mol. The number of nitro benzene ring substituents is 1. The molecular formula is C16H12N3O5S-. The predicted molar refractivity (Wildman–Crippen MR) is 90.3 cm³/mol. The molecule has 3 rings (SSSR count). The summed E-state index contributed by atoms with van der Waals surface area (Å²) in [4.78, 5) is 39.1. The van der Waals surface area contributed by atoms with Gasteiger partial charge in [-0.3, -0.25) is 19.5 Å². The van der Waals surface area contributed by atoms with Gasteiger partial charge in [0.2, 0.25) is 0 Å². The lowest BCUT2D eigenvalue weighted by atomic mass is 10.1. The van der Waals surface area contributed by atoms with Crippen molar-refractivity contribution in [3.05, 3.63) is 56.4 Å². The molecule has 9 heteroatoms. The summed E-state index contributed by atoms with van der Waals surface area (Å²) >= 11 is 1.22. The minimum absolute atomic E-state index is 0.0952. The molecule has 3 aromatic rings. The van der Waals surface area contributed by atoms with Crippen LogP contribution in [0.2, 0.25) is 0 Å². The normalized spacial score (nSPS) is 12.2. The van der Waals surface area contributed by atoms with Crippen LogP contribution < -0.4 is 10.7 Å². The number of aromatic nitrogens is 2. The Bertz CT molecular complexity index is 1040. The second-order valence-electron chi connectivity index (χ2n) is 5.34. The molecule has 0 aliphatic heterocycles. The van der Waals surface area contributed by atoms with Gasteiger partial charge in [0, 0.05) is 23.1 Å². The van der Waals surface area contributed by atoms with E-state index >= 15 is 0 Å². The lowest BCUT2D eigenvalue weighted by Crippen LogP contribution is -2.37. The zero-order valence-electron chi connectivity index (χ0n) is 13.0. The number of carbonyl (C=O) groups is 1. The quantitative estimate of drug-likeness (QED) is 0.506. The van der Waals surface area contributed by atoms with E-state index in [1.165, 1.54) is 35.9 Å². The number of nitro groups is 1. The number of rotatable bonds is 5. The highest BCUT2D eigenvalue weighted by Gasteiger charge is 2.19. The van der Waals surface area contributed by atoms with Gasteiger partial charge in [0.05, 0.1) is 28.6 Å². The summed E-state index contributed by atoms with van der Waals surface area (Å²) in [5.41, 5.74) is 0.383. The summed E-state index contributed by atoms with van der Waals surface area (Å²) in [7, 11) is 0. The highest BCUT2D eigenvalue weighted by Crippen LogP contribution is 2.32. The number of benzene rings is 1. The number of thiophene rings is 1. The van der Waals surface area contributed by atoms with E-state index < -0.39 is 22.5 Å². The number of aliphatic carboxylic acids is 1. The third kappa shape index (κ3) is 2.89. The van der Waals surface area contributed by atoms with Gasteiger partial charge in [0.1, 0.15) is 4.83 Å². The Morgan fingerprint density at radius 2 is 2.20 bits per heavy atom. The molecule has 1 atom stereocenters. The van der Waals surface area contributed by atoms with Crippen molar-refractivity contribution in [1.29, 1.82) is 0 Å². The summed E-state index contributed by atoms with van der Waals surface area (Å²) < 4.78 is 1.03. The first kappa shape index (κ1) is 16.8. The lowest BCUT2D eigenvalue weighted by molar-refractivity contribution is -0.384. The third-order valence-electron chi connectivity index (χ3n) is 3.88. The molecule has 1 unspecified atom stereocenters. The summed E-state index contributed by atoms with van der Waals surface area (Å²) in [5.74, 6) is -1.36. The maximum absolute atomic E-state index is 12.8. The van der Waals surface area contributed by atoms with E-state index in [0.717, 1.165) is 4.57 Å². The zero-order chi connectivity index (χ0) is 18.1. The van der Waals surface area contributed by atoms with Crippen molar-refractivity contribution in [3.63, 3.8) is 0 Å². The Morgan fingerprint density at radius 3 is 2.84 bits per heavy atom. The van der Waals surface area contributed by atoms with E-state index in [2.05, 4.69) is 4.98 Å². The molecule has 0 bridgehead atoms. The number of fused-ring (bicyclic) bond motifs is 1. The SMILES string of the molecule is CCC(C(=O)[O-])n1cnc2scc(-c3cccc([N+](=O)[O-])c3)c2c1=O. The fraction of sp³-hybridized carbons (Fsp3) is 0.188. The molecule has 8 nitrogen and oxygen atoms in total. The number of carbonyl (C=O) groups excluding carboxylic acids is 1. The highest BCUT2D eigenvalue weighted by atomic mass is 32.1. The molecule has 0 spiro atoms. The van der Waals surface area contributed by atoms with Gasteiger partial charge in [-0.05, 0) is 12.0 Å². The fourth-order valence-corrected chi connectivity index (χ4v) is 3.55. The van der Waals surface area contributed by atoms with Crippen LogP contribution in [0, 0.1) is 10.1 Å². The van der Waals surface area contributed by atoms with Crippen LogP contribution in [0.1, 0.15) is 19.4 Å². The number of non-ortho nitro benzene ring substituents is 1. The average Bonchev–Trinajstić information content (AvgIpc) is 3.02. The van der Waals surface area contributed by atoms with Crippen LogP contribution in [0.4, 0.5) is 5.69 Å². The number of carboxylic acid groups (broad SMARTS) is 1. The van der Waals surface area contributed by atoms with Crippen LogP contribution in [0.5, 0.6) is 0 Å². The largest absolute Gasteiger partial charge is 0.548 e. The standard InChI is InChI=1S/C16H13N3O5S/c1-2-12(16(21)22)18-8-17-14-13(15(18)20)11(7-25-14)9-4-3-5-10(6-9)19(23)24/h3-8,12H,2H2,1H3,(H,21,22)/p-1. The second-order valence-corrected chi connectivity index (χ2v) is 6.20. The Balaban J connectivity index is 2.25. The maximum atomic E-state index is 12.8. The van der Waals surface area contributed by atoms with Crippen molar-refractivity contribution in [2.24, 2.45) is 0 Å². The third-order valence-corrected chi connectivity index (χ3v) is 4.77. The van der Waals surface area contributed by atoms with Crippen LogP contribution in [0.3, 0.4) is 0 Å². The molecule has 1 aromatic carbocycles. The van der Waals surface area contributed by atoms with Gasteiger partial charge in [0.25, 0.3) is 11.2 Å². The first-order chi connectivity index (χ1) is 11.9. The topological polar surface area (TPSA) is 118 Å². The van der Waals surface area contributed by atoms with E-state index in [4.69, 9.17) is 0 Å². The molecule has 25 heavy (non-hydrogen) atoms. The first-order valence-corrected chi connectivity index (χ1v) is 8.26. The van der Waals surface area contributed by atoms with Crippen LogP contribution in [-0.2, 0) is 4.79 Å². The Kier molecular flexibility index (Phi) is 4.32. The Morgan fingerprint density at radius 1 is 1.44 bits per heavy atom. The van der Waals surface area contributed by atoms with Crippen LogP contribution in [0.15, 0.2) is 40.8 Å². The summed E-state index contributed by atoms with van der Waals surface area (Å²) in [5, 5.41) is 24.2. The van der Waals surface area contributed by atoms with Gasteiger partial charge < -0.3 is 9.90 Å². The zero-order valence-corrected chi connectivity index (χ0v) is 13.9. The number of hydrogen-bond donors (Lipinski definition) is 0. The molecule has 0 aliphatic carbocycles. The van der Waals surface area contributed by atoms with Crippen LogP contribution in [0.25, 0.3) is 21.3 Å². The molecule has 0 saturated heterocycles. The smallest absolute Gasteiger partial charge is 0.270 e. The average molecular weight is 358 g/mol. The minimum Gasteiger partial charge on any atom is -0.548 e. The molecule has 0 saturated carbocycles. The van der Waals surface area contributed by atoms with E-state index in [1.807, 2.05) is 0 Å². The molecule has 2 heterocycles. The van der Waals surface area contributed by atoms with E-state index in [9.17, 15) is 24.8 Å². The molecule has 0 fully saturated rings. The maximum Gasteiger partial charge on any atom is 0.270 e. The van der Waals surface area contributed by atoms with Crippen LogP contribution in [-0.4, -0.2) is 20.4 Å².